The van der Waals surface area contributed by atoms with Gasteiger partial charge in [-0.1, -0.05) is 24.1 Å². The van der Waals surface area contributed by atoms with E-state index in [1.165, 1.54) is 16.4 Å². The molecule has 0 radical (unpaired) electrons. The van der Waals surface area contributed by atoms with Crippen LogP contribution in [0.2, 0.25) is 5.02 Å². The van der Waals surface area contributed by atoms with Gasteiger partial charge >= 0.3 is 0 Å². The van der Waals surface area contributed by atoms with E-state index >= 15 is 0 Å². The summed E-state index contributed by atoms with van der Waals surface area (Å²) in [4.78, 5) is 12.2. The number of hydrogen-bond acceptors (Lipinski definition) is 4. The Morgan fingerprint density at radius 3 is 2.58 bits per heavy atom. The Morgan fingerprint density at radius 2 is 1.88 bits per heavy atom. The van der Waals surface area contributed by atoms with E-state index in [1.54, 1.807) is 24.3 Å². The van der Waals surface area contributed by atoms with Crippen LogP contribution in [0.5, 0.6) is 0 Å². The minimum atomic E-state index is -3.69. The fourth-order valence-corrected chi connectivity index (χ4v) is 4.19. The van der Waals surface area contributed by atoms with E-state index in [1.807, 2.05) is 0 Å². The Morgan fingerprint density at radius 1 is 1.12 bits per heavy atom. The first-order chi connectivity index (χ1) is 11.5. The number of benzene rings is 1. The van der Waals surface area contributed by atoms with Crippen molar-refractivity contribution in [3.05, 3.63) is 47.2 Å². The quantitative estimate of drug-likeness (QED) is 0.897. The lowest BCUT2D eigenvalue weighted by molar-refractivity contribution is 0.0991. The molecule has 6 nitrogen and oxygen atoms in total. The van der Waals surface area contributed by atoms with Crippen molar-refractivity contribution in [2.75, 3.05) is 18.4 Å². The number of sulfonamides is 1. The van der Waals surface area contributed by atoms with Crippen LogP contribution in [0.4, 0.5) is 5.69 Å². The molecule has 0 bridgehead atoms. The van der Waals surface area contributed by atoms with Gasteiger partial charge < -0.3 is 9.73 Å². The Hall–Kier alpha value is -1.83. The van der Waals surface area contributed by atoms with Gasteiger partial charge in [-0.15, -0.1) is 0 Å². The van der Waals surface area contributed by atoms with E-state index < -0.39 is 15.9 Å². The molecule has 2 heterocycles. The molecule has 0 aliphatic carbocycles. The van der Waals surface area contributed by atoms with Crippen LogP contribution in [-0.4, -0.2) is 31.7 Å². The molecule has 8 heteroatoms. The number of anilines is 1. The summed E-state index contributed by atoms with van der Waals surface area (Å²) >= 11 is 5.86. The lowest BCUT2D eigenvalue weighted by Gasteiger charge is -2.24. The first-order valence-corrected chi connectivity index (χ1v) is 9.45. The normalized spacial score (nSPS) is 16.0. The largest absolute Gasteiger partial charge is 0.438 e. The van der Waals surface area contributed by atoms with E-state index in [9.17, 15) is 13.2 Å². The second-order valence-electron chi connectivity index (χ2n) is 5.55. The molecule has 1 fully saturated rings. The van der Waals surface area contributed by atoms with Crippen LogP contribution in [0, 0.1) is 0 Å². The first kappa shape index (κ1) is 17.0. The smallest absolute Gasteiger partial charge is 0.291 e. The summed E-state index contributed by atoms with van der Waals surface area (Å²) in [5, 5.41) is 2.90. The number of amides is 1. The molecule has 1 N–H and O–H groups in total. The summed E-state index contributed by atoms with van der Waals surface area (Å²) in [6.45, 7) is 0.958. The van der Waals surface area contributed by atoms with Crippen LogP contribution >= 0.6 is 11.6 Å². The third-order valence-electron chi connectivity index (χ3n) is 3.80. The third kappa shape index (κ3) is 3.63. The number of piperidine rings is 1. The maximum atomic E-state index is 12.5. The van der Waals surface area contributed by atoms with Gasteiger partial charge in [0.25, 0.3) is 15.9 Å². The number of carbonyl (C=O) groups is 1. The van der Waals surface area contributed by atoms with Crippen LogP contribution in [0.3, 0.4) is 0 Å². The van der Waals surface area contributed by atoms with Crippen molar-refractivity contribution >= 4 is 33.2 Å². The molecule has 0 atom stereocenters. The van der Waals surface area contributed by atoms with Crippen LogP contribution in [-0.2, 0) is 10.0 Å². The minimum Gasteiger partial charge on any atom is -0.438 e. The molecule has 3 rings (SSSR count). The molecular weight excluding hydrogens is 352 g/mol. The average Bonchev–Trinajstić information content (AvgIpc) is 3.07. The summed E-state index contributed by atoms with van der Waals surface area (Å²) in [5.74, 6) is -0.595. The fourth-order valence-electron chi connectivity index (χ4n) is 2.57. The van der Waals surface area contributed by atoms with E-state index in [-0.39, 0.29) is 10.9 Å². The first-order valence-electron chi connectivity index (χ1n) is 7.64. The summed E-state index contributed by atoms with van der Waals surface area (Å²) in [5.41, 5.74) is 0.504. The molecule has 1 aliphatic heterocycles. The molecule has 1 aliphatic rings. The van der Waals surface area contributed by atoms with Crippen molar-refractivity contribution in [1.29, 1.82) is 0 Å². The summed E-state index contributed by atoms with van der Waals surface area (Å²) < 4.78 is 31.7. The summed E-state index contributed by atoms with van der Waals surface area (Å²) in [7, 11) is -3.69. The van der Waals surface area contributed by atoms with Gasteiger partial charge in [-0.2, -0.15) is 4.31 Å². The molecule has 2 aromatic rings. The van der Waals surface area contributed by atoms with Crippen LogP contribution < -0.4 is 5.32 Å². The van der Waals surface area contributed by atoms with Crippen molar-refractivity contribution in [2.45, 2.75) is 24.4 Å². The van der Waals surface area contributed by atoms with E-state index in [2.05, 4.69) is 5.32 Å². The number of halogens is 1. The number of carbonyl (C=O) groups excluding carboxylic acids is 1. The number of nitrogens with one attached hydrogen (secondary N) is 1. The van der Waals surface area contributed by atoms with Crippen molar-refractivity contribution in [1.82, 2.24) is 4.31 Å². The average molecular weight is 369 g/mol. The molecule has 1 amide bonds. The van der Waals surface area contributed by atoms with Crippen LogP contribution in [0.25, 0.3) is 0 Å². The molecule has 1 aromatic heterocycles. The highest BCUT2D eigenvalue weighted by Gasteiger charge is 2.29. The number of rotatable bonds is 4. The lowest BCUT2D eigenvalue weighted by Crippen LogP contribution is -2.35. The molecule has 1 saturated heterocycles. The second-order valence-corrected chi connectivity index (χ2v) is 7.85. The number of hydrogen-bond donors (Lipinski definition) is 1. The lowest BCUT2D eigenvalue weighted by atomic mass is 10.2. The molecule has 1 aromatic carbocycles. The monoisotopic (exact) mass is 368 g/mol. The van der Waals surface area contributed by atoms with Gasteiger partial charge in [0.05, 0.1) is 0 Å². The third-order valence-corrected chi connectivity index (χ3v) is 5.80. The zero-order chi connectivity index (χ0) is 17.2. The Labute approximate surface area is 145 Å². The highest BCUT2D eigenvalue weighted by Crippen LogP contribution is 2.23. The van der Waals surface area contributed by atoms with Gasteiger partial charge in [-0.3, -0.25) is 4.79 Å². The van der Waals surface area contributed by atoms with Gasteiger partial charge in [0, 0.05) is 23.8 Å². The Balaban J connectivity index is 1.76. The van der Waals surface area contributed by atoms with E-state index in [0.29, 0.717) is 23.8 Å². The number of nitrogens with zero attached hydrogens (tertiary/aromatic N) is 1. The molecule has 0 saturated carbocycles. The maximum absolute atomic E-state index is 12.5. The van der Waals surface area contributed by atoms with Crippen LogP contribution in [0.15, 0.2) is 45.9 Å². The molecule has 0 unspecified atom stereocenters. The van der Waals surface area contributed by atoms with Crippen molar-refractivity contribution < 1.29 is 17.6 Å². The molecular formula is C16H17ClN2O4S. The predicted octanol–water partition coefficient (Wildman–Crippen LogP) is 3.36. The SMILES string of the molecule is O=C(Nc1cccc(Cl)c1)c1ccc(S(=O)(=O)N2CCCCC2)o1. The minimum absolute atomic E-state index is 0.0643. The standard InChI is InChI=1S/C16H17ClN2O4S/c17-12-5-4-6-13(11-12)18-16(20)14-7-8-15(23-14)24(21,22)19-9-2-1-3-10-19/h4-8,11H,1-3,9-10H2,(H,18,20). The summed E-state index contributed by atoms with van der Waals surface area (Å²) in [6.07, 6.45) is 2.70. The van der Waals surface area contributed by atoms with Gasteiger partial charge in [0.2, 0.25) is 5.09 Å². The van der Waals surface area contributed by atoms with Gasteiger partial charge in [-0.25, -0.2) is 8.42 Å². The van der Waals surface area contributed by atoms with E-state index in [0.717, 1.165) is 19.3 Å². The van der Waals surface area contributed by atoms with Gasteiger partial charge in [0.15, 0.2) is 5.76 Å². The molecule has 24 heavy (non-hydrogen) atoms. The highest BCUT2D eigenvalue weighted by atomic mass is 35.5. The van der Waals surface area contributed by atoms with Gasteiger partial charge in [0.1, 0.15) is 0 Å². The Bertz CT molecular complexity index is 841. The highest BCUT2D eigenvalue weighted by molar-refractivity contribution is 7.89. The van der Waals surface area contributed by atoms with Crippen molar-refractivity contribution in [3.8, 4) is 0 Å². The predicted molar refractivity (Wildman–Crippen MR) is 90.7 cm³/mol. The summed E-state index contributed by atoms with van der Waals surface area (Å²) in [6, 6.07) is 9.33. The topological polar surface area (TPSA) is 79.6 Å². The van der Waals surface area contributed by atoms with Gasteiger partial charge in [-0.05, 0) is 43.2 Å². The van der Waals surface area contributed by atoms with Crippen molar-refractivity contribution in [2.24, 2.45) is 0 Å². The van der Waals surface area contributed by atoms with Crippen LogP contribution in [0.1, 0.15) is 29.8 Å². The maximum Gasteiger partial charge on any atom is 0.291 e. The zero-order valence-electron chi connectivity index (χ0n) is 12.9. The molecule has 128 valence electrons. The molecule has 0 spiro atoms. The second kappa shape index (κ2) is 6.96. The van der Waals surface area contributed by atoms with E-state index in [4.69, 9.17) is 16.0 Å². The number of furan rings is 1. The zero-order valence-corrected chi connectivity index (χ0v) is 14.4. The fraction of sp³-hybridized carbons (Fsp3) is 0.312. The Kier molecular flexibility index (Phi) is 4.93. The van der Waals surface area contributed by atoms with Crippen molar-refractivity contribution in [3.63, 3.8) is 0 Å².